The topological polar surface area (TPSA) is 72.3 Å². The lowest BCUT2D eigenvalue weighted by Gasteiger charge is -2.31. The normalized spacial score (nSPS) is 15.0. The number of quaternary nitrogens is 1. The second-order valence-corrected chi connectivity index (χ2v) is 5.86. The number of nitrogens with zero attached hydrogens (tertiary/aromatic N) is 1. The van der Waals surface area contributed by atoms with Crippen molar-refractivity contribution < 1.29 is 24.0 Å². The predicted octanol–water partition coefficient (Wildman–Crippen LogP) is 0.299. The van der Waals surface area contributed by atoms with Crippen molar-refractivity contribution in [1.82, 2.24) is 4.90 Å². The van der Waals surface area contributed by atoms with Crippen molar-refractivity contribution in [2.45, 2.75) is 13.8 Å². The fraction of sp³-hybridized carbons (Fsp3) is 0.529. The number of carbonyl (C=O) groups excluding carboxylic acids is 2. The van der Waals surface area contributed by atoms with Crippen LogP contribution in [0.3, 0.4) is 0 Å². The number of methoxy groups -OCH3 is 1. The number of hydrogen-bond acceptors (Lipinski definition) is 4. The Bertz CT molecular complexity index is 583. The molecule has 24 heavy (non-hydrogen) atoms. The lowest BCUT2D eigenvalue weighted by Crippen LogP contribution is -3.15. The Balaban J connectivity index is 1.84. The van der Waals surface area contributed by atoms with Gasteiger partial charge in [0, 0.05) is 0 Å². The van der Waals surface area contributed by atoms with Gasteiger partial charge in [0.1, 0.15) is 5.75 Å². The van der Waals surface area contributed by atoms with E-state index in [-0.39, 0.29) is 12.0 Å². The van der Waals surface area contributed by atoms with E-state index in [2.05, 4.69) is 5.32 Å². The number of amides is 2. The number of anilines is 1. The molecule has 2 N–H and O–H groups in total. The van der Waals surface area contributed by atoms with Crippen LogP contribution in [0.1, 0.15) is 12.5 Å². The first-order chi connectivity index (χ1) is 11.5. The molecule has 1 fully saturated rings. The lowest BCUT2D eigenvalue weighted by molar-refractivity contribution is -0.895. The molecule has 132 valence electrons. The third-order valence-corrected chi connectivity index (χ3v) is 4.04. The van der Waals surface area contributed by atoms with Gasteiger partial charge in [0.2, 0.25) is 0 Å². The molecule has 1 heterocycles. The second-order valence-electron chi connectivity index (χ2n) is 5.86. The van der Waals surface area contributed by atoms with Crippen LogP contribution in [-0.2, 0) is 9.53 Å². The molecule has 0 atom stereocenters. The van der Waals surface area contributed by atoms with Crippen molar-refractivity contribution in [3.05, 3.63) is 23.8 Å². The molecule has 0 spiro atoms. The molecule has 2 amide bonds. The van der Waals surface area contributed by atoms with Crippen molar-refractivity contribution in [2.24, 2.45) is 0 Å². The average Bonchev–Trinajstić information content (AvgIpc) is 2.56. The van der Waals surface area contributed by atoms with E-state index >= 15 is 0 Å². The van der Waals surface area contributed by atoms with Crippen molar-refractivity contribution in [1.29, 1.82) is 0 Å². The van der Waals surface area contributed by atoms with Gasteiger partial charge in [0.25, 0.3) is 5.91 Å². The molecule has 7 nitrogen and oxygen atoms in total. The zero-order chi connectivity index (χ0) is 17.5. The van der Waals surface area contributed by atoms with E-state index in [1.54, 1.807) is 18.9 Å². The zero-order valence-electron chi connectivity index (χ0n) is 14.6. The van der Waals surface area contributed by atoms with Crippen LogP contribution in [0.2, 0.25) is 0 Å². The van der Waals surface area contributed by atoms with Crippen LogP contribution in [0.5, 0.6) is 5.75 Å². The maximum atomic E-state index is 12.3. The molecule has 0 radical (unpaired) electrons. The van der Waals surface area contributed by atoms with E-state index in [9.17, 15) is 9.59 Å². The van der Waals surface area contributed by atoms with Gasteiger partial charge >= 0.3 is 6.09 Å². The molecule has 1 aliphatic rings. The Morgan fingerprint density at radius 2 is 2.00 bits per heavy atom. The minimum Gasteiger partial charge on any atom is -0.495 e. The summed E-state index contributed by atoms with van der Waals surface area (Å²) >= 11 is 0. The van der Waals surface area contributed by atoms with Gasteiger partial charge in [-0.15, -0.1) is 0 Å². The Labute approximate surface area is 142 Å². The molecule has 2 rings (SSSR count). The van der Waals surface area contributed by atoms with Crippen LogP contribution < -0.4 is 15.0 Å². The molecule has 0 saturated carbocycles. The van der Waals surface area contributed by atoms with Crippen molar-refractivity contribution in [2.75, 3.05) is 51.8 Å². The number of rotatable bonds is 5. The third kappa shape index (κ3) is 4.86. The van der Waals surface area contributed by atoms with Crippen molar-refractivity contribution in [3.8, 4) is 5.75 Å². The fourth-order valence-corrected chi connectivity index (χ4v) is 2.74. The van der Waals surface area contributed by atoms with Gasteiger partial charge in [-0.1, -0.05) is 6.07 Å². The summed E-state index contributed by atoms with van der Waals surface area (Å²) in [6, 6.07) is 5.68. The van der Waals surface area contributed by atoms with Gasteiger partial charge in [-0.25, -0.2) is 4.79 Å². The van der Waals surface area contributed by atoms with E-state index in [0.29, 0.717) is 37.7 Å². The largest absolute Gasteiger partial charge is 0.495 e. The highest BCUT2D eigenvalue weighted by molar-refractivity contribution is 5.93. The van der Waals surface area contributed by atoms with Gasteiger partial charge in [-0.2, -0.15) is 0 Å². The summed E-state index contributed by atoms with van der Waals surface area (Å²) in [6.45, 7) is 7.19. The van der Waals surface area contributed by atoms with E-state index in [1.165, 1.54) is 0 Å². The summed E-state index contributed by atoms with van der Waals surface area (Å²) in [5, 5.41) is 2.91. The van der Waals surface area contributed by atoms with Crippen LogP contribution in [0.4, 0.5) is 10.5 Å². The van der Waals surface area contributed by atoms with E-state index < -0.39 is 0 Å². The summed E-state index contributed by atoms with van der Waals surface area (Å²) in [4.78, 5) is 26.8. The smallest absolute Gasteiger partial charge is 0.410 e. The van der Waals surface area contributed by atoms with Crippen LogP contribution in [-0.4, -0.2) is 63.3 Å². The molecule has 1 aromatic carbocycles. The first-order valence-electron chi connectivity index (χ1n) is 8.23. The van der Waals surface area contributed by atoms with E-state index in [4.69, 9.17) is 9.47 Å². The molecule has 1 aromatic rings. The standard InChI is InChI=1S/C17H25N3O4/c1-4-24-17(22)20-9-7-19(8-10-20)12-16(21)18-14-11-13(2)5-6-15(14)23-3/h5-6,11H,4,7-10,12H2,1-3H3,(H,18,21)/p+1. The van der Waals surface area contributed by atoms with Crippen LogP contribution >= 0.6 is 0 Å². The van der Waals surface area contributed by atoms with Gasteiger partial charge in [0.15, 0.2) is 6.54 Å². The van der Waals surface area contributed by atoms with Gasteiger partial charge < -0.3 is 19.7 Å². The first kappa shape index (κ1) is 18.1. The number of ether oxygens (including phenoxy) is 2. The van der Waals surface area contributed by atoms with Gasteiger partial charge in [-0.05, 0) is 31.5 Å². The SMILES string of the molecule is CCOC(=O)N1CC[NH+](CC(=O)Nc2cc(C)ccc2OC)CC1. The molecule has 0 aliphatic carbocycles. The van der Waals surface area contributed by atoms with E-state index in [0.717, 1.165) is 23.6 Å². The summed E-state index contributed by atoms with van der Waals surface area (Å²) in [5.74, 6) is 0.592. The number of hydrogen-bond donors (Lipinski definition) is 2. The second kappa shape index (κ2) is 8.54. The number of benzene rings is 1. The Hall–Kier alpha value is -2.28. The molecular weight excluding hydrogens is 310 g/mol. The fourth-order valence-electron chi connectivity index (χ4n) is 2.74. The quantitative estimate of drug-likeness (QED) is 0.811. The monoisotopic (exact) mass is 336 g/mol. The maximum absolute atomic E-state index is 12.3. The molecule has 1 aliphatic heterocycles. The van der Waals surface area contributed by atoms with Crippen LogP contribution in [0, 0.1) is 6.92 Å². The number of aryl methyl sites for hydroxylation is 1. The Morgan fingerprint density at radius 1 is 1.29 bits per heavy atom. The first-order valence-corrected chi connectivity index (χ1v) is 8.23. The minimum absolute atomic E-state index is 0.0570. The van der Waals surface area contributed by atoms with Gasteiger partial charge in [-0.3, -0.25) is 9.69 Å². The number of carbonyl (C=O) groups is 2. The third-order valence-electron chi connectivity index (χ3n) is 4.04. The highest BCUT2D eigenvalue weighted by atomic mass is 16.6. The molecule has 0 unspecified atom stereocenters. The Morgan fingerprint density at radius 3 is 2.62 bits per heavy atom. The molecule has 7 heteroatoms. The predicted molar refractivity (Wildman–Crippen MR) is 90.5 cm³/mol. The molecule has 1 saturated heterocycles. The maximum Gasteiger partial charge on any atom is 0.410 e. The van der Waals surface area contributed by atoms with Gasteiger partial charge in [0.05, 0.1) is 45.6 Å². The summed E-state index contributed by atoms with van der Waals surface area (Å²) in [7, 11) is 1.58. The summed E-state index contributed by atoms with van der Waals surface area (Å²) < 4.78 is 10.3. The minimum atomic E-state index is -0.273. The molecule has 0 aromatic heterocycles. The lowest BCUT2D eigenvalue weighted by atomic mass is 10.2. The molecule has 0 bridgehead atoms. The van der Waals surface area contributed by atoms with E-state index in [1.807, 2.05) is 25.1 Å². The van der Waals surface area contributed by atoms with Crippen molar-refractivity contribution in [3.63, 3.8) is 0 Å². The number of piperazine rings is 1. The van der Waals surface area contributed by atoms with Crippen LogP contribution in [0.15, 0.2) is 18.2 Å². The van der Waals surface area contributed by atoms with Crippen molar-refractivity contribution >= 4 is 17.7 Å². The zero-order valence-corrected chi connectivity index (χ0v) is 14.6. The average molecular weight is 336 g/mol. The molecular formula is C17H26N3O4+. The van der Waals surface area contributed by atoms with Crippen LogP contribution in [0.25, 0.3) is 0 Å². The number of nitrogens with one attached hydrogen (secondary N) is 2. The highest BCUT2D eigenvalue weighted by Crippen LogP contribution is 2.24. The Kier molecular flexibility index (Phi) is 6.43. The summed E-state index contributed by atoms with van der Waals surface area (Å²) in [6.07, 6.45) is -0.273. The summed E-state index contributed by atoms with van der Waals surface area (Å²) in [5.41, 5.74) is 1.74. The highest BCUT2D eigenvalue weighted by Gasteiger charge is 2.26.